The number of hydrogen-bond donors (Lipinski definition) is 0. The Labute approximate surface area is 138 Å². The minimum atomic E-state index is 0.678. The minimum Gasteiger partial charge on any atom is -0.357 e. The third kappa shape index (κ3) is 2.85. The summed E-state index contributed by atoms with van der Waals surface area (Å²) in [6, 6.07) is 19.1. The highest BCUT2D eigenvalue weighted by Crippen LogP contribution is 2.36. The van der Waals surface area contributed by atoms with E-state index in [9.17, 15) is 0 Å². The van der Waals surface area contributed by atoms with Crippen LogP contribution in [0.5, 0.6) is 11.5 Å². The van der Waals surface area contributed by atoms with E-state index in [-0.39, 0.29) is 0 Å². The molecule has 0 spiro atoms. The second-order valence-electron chi connectivity index (χ2n) is 4.99. The molecule has 2 aromatic heterocycles. The molecule has 4 aromatic rings. The number of rotatable bonds is 5. The van der Waals surface area contributed by atoms with Crippen LogP contribution >= 0.6 is 0 Å². The molecule has 2 aromatic carbocycles. The van der Waals surface area contributed by atoms with Crippen molar-refractivity contribution >= 4 is 0 Å². The molecule has 24 heavy (non-hydrogen) atoms. The molecule has 0 fully saturated rings. The Morgan fingerprint density at radius 3 is 1.46 bits per heavy atom. The van der Waals surface area contributed by atoms with Crippen molar-refractivity contribution in [3.8, 4) is 22.6 Å². The van der Waals surface area contributed by atoms with Crippen molar-refractivity contribution in [2.24, 2.45) is 0 Å². The van der Waals surface area contributed by atoms with Gasteiger partial charge < -0.3 is 9.68 Å². The van der Waals surface area contributed by atoms with Crippen molar-refractivity contribution in [1.82, 2.24) is 19.9 Å². The van der Waals surface area contributed by atoms with Gasteiger partial charge in [0, 0.05) is 11.1 Å². The van der Waals surface area contributed by atoms with Gasteiger partial charge in [0.1, 0.15) is 0 Å². The highest BCUT2D eigenvalue weighted by molar-refractivity contribution is 5.75. The summed E-state index contributed by atoms with van der Waals surface area (Å²) >= 11 is 0. The summed E-state index contributed by atoms with van der Waals surface area (Å²) in [6.45, 7) is 0. The van der Waals surface area contributed by atoms with Gasteiger partial charge in [-0.2, -0.15) is 0 Å². The third-order valence-electron chi connectivity index (χ3n) is 3.41. The second-order valence-corrected chi connectivity index (χ2v) is 4.99. The fraction of sp³-hybridized carbons (Fsp3) is 0. The lowest BCUT2D eigenvalue weighted by Gasteiger charge is -2.13. The minimum absolute atomic E-state index is 0.678. The quantitative estimate of drug-likeness (QED) is 0.566. The van der Waals surface area contributed by atoms with Gasteiger partial charge in [-0.15, -0.1) is 19.9 Å². The van der Waals surface area contributed by atoms with Gasteiger partial charge in [0.25, 0.3) is 0 Å². The first kappa shape index (κ1) is 14.1. The molecule has 0 saturated carbocycles. The topological polar surface area (TPSA) is 54.1 Å². The van der Waals surface area contributed by atoms with Gasteiger partial charge >= 0.3 is 0 Å². The highest BCUT2D eigenvalue weighted by atomic mass is 16.7. The first-order valence-corrected chi connectivity index (χ1v) is 7.44. The van der Waals surface area contributed by atoms with Crippen LogP contribution in [0, 0.1) is 0 Å². The molecule has 0 unspecified atom stereocenters. The fourth-order valence-corrected chi connectivity index (χ4v) is 2.36. The van der Waals surface area contributed by atoms with Crippen LogP contribution in [0.4, 0.5) is 0 Å². The lowest BCUT2D eigenvalue weighted by Crippen LogP contribution is -2.08. The number of para-hydroxylation sites is 2. The molecule has 0 N–H and O–H groups in total. The van der Waals surface area contributed by atoms with E-state index in [1.54, 1.807) is 36.9 Å². The maximum absolute atomic E-state index is 5.82. The van der Waals surface area contributed by atoms with Gasteiger partial charge in [-0.3, -0.25) is 0 Å². The number of nitrogens with zero attached hydrogens (tertiary/aromatic N) is 4. The van der Waals surface area contributed by atoms with E-state index in [0.717, 1.165) is 11.1 Å². The molecule has 0 aliphatic heterocycles. The summed E-state index contributed by atoms with van der Waals surface area (Å²) in [6.07, 6.45) is 6.81. The largest absolute Gasteiger partial charge is 0.357 e. The Hall–Kier alpha value is -3.54. The molecule has 0 radical (unpaired) electrons. The van der Waals surface area contributed by atoms with Crippen molar-refractivity contribution in [3.05, 3.63) is 85.5 Å². The standard InChI is InChI=1S/C18H14N4O2/c1-3-9-17(23-21-13-5-11-19-21)15(7-1)16-8-2-4-10-18(16)24-22-14-6-12-20-22/h1-14H. The van der Waals surface area contributed by atoms with Crippen molar-refractivity contribution in [2.45, 2.75) is 0 Å². The summed E-state index contributed by atoms with van der Waals surface area (Å²) in [5.41, 5.74) is 1.80. The fourth-order valence-electron chi connectivity index (χ4n) is 2.36. The van der Waals surface area contributed by atoms with Gasteiger partial charge in [-0.1, -0.05) is 36.4 Å². The Kier molecular flexibility index (Phi) is 3.69. The normalized spacial score (nSPS) is 10.5. The number of hydrogen-bond acceptors (Lipinski definition) is 4. The van der Waals surface area contributed by atoms with Crippen LogP contribution in [-0.4, -0.2) is 19.9 Å². The van der Waals surface area contributed by atoms with Crippen molar-refractivity contribution in [1.29, 1.82) is 0 Å². The smallest absolute Gasteiger partial charge is 0.165 e. The van der Waals surface area contributed by atoms with E-state index in [1.165, 1.54) is 9.69 Å². The zero-order valence-corrected chi connectivity index (χ0v) is 12.7. The second kappa shape index (κ2) is 6.29. The average molecular weight is 318 g/mol. The van der Waals surface area contributed by atoms with Crippen LogP contribution < -0.4 is 9.68 Å². The summed E-state index contributed by atoms with van der Waals surface area (Å²) < 4.78 is 0. The summed E-state index contributed by atoms with van der Waals surface area (Å²) in [5.74, 6) is 1.36. The Bertz CT molecular complexity index is 840. The summed E-state index contributed by atoms with van der Waals surface area (Å²) in [4.78, 5) is 14.5. The van der Waals surface area contributed by atoms with Gasteiger partial charge in [0.05, 0.1) is 24.8 Å². The highest BCUT2D eigenvalue weighted by Gasteiger charge is 2.13. The molecule has 2 heterocycles. The lowest BCUT2D eigenvalue weighted by atomic mass is 10.0. The van der Waals surface area contributed by atoms with E-state index in [1.807, 2.05) is 48.5 Å². The summed E-state index contributed by atoms with van der Waals surface area (Å²) in [7, 11) is 0. The van der Waals surface area contributed by atoms with Crippen LogP contribution in [0.1, 0.15) is 0 Å². The Morgan fingerprint density at radius 1 is 0.583 bits per heavy atom. The molecule has 0 bridgehead atoms. The molecule has 0 amide bonds. The van der Waals surface area contributed by atoms with Gasteiger partial charge in [-0.25, -0.2) is 0 Å². The monoisotopic (exact) mass is 318 g/mol. The number of benzene rings is 2. The first-order valence-electron chi connectivity index (χ1n) is 7.44. The van der Waals surface area contributed by atoms with Gasteiger partial charge in [0.2, 0.25) is 0 Å². The van der Waals surface area contributed by atoms with E-state index >= 15 is 0 Å². The SMILES string of the molecule is c1ccc(-c2ccccc2On2cccn2)c(On2cccn2)c1. The lowest BCUT2D eigenvalue weighted by molar-refractivity contribution is 0.176. The summed E-state index contributed by atoms with van der Waals surface area (Å²) in [5, 5.41) is 8.16. The molecule has 0 aliphatic rings. The Balaban J connectivity index is 1.74. The molecule has 0 atom stereocenters. The predicted molar refractivity (Wildman–Crippen MR) is 88.4 cm³/mol. The maximum atomic E-state index is 5.82. The zero-order chi connectivity index (χ0) is 16.2. The third-order valence-corrected chi connectivity index (χ3v) is 3.41. The molecule has 6 nitrogen and oxygen atoms in total. The van der Waals surface area contributed by atoms with Crippen LogP contribution in [0.15, 0.2) is 85.5 Å². The molecule has 118 valence electrons. The van der Waals surface area contributed by atoms with E-state index in [2.05, 4.69) is 10.2 Å². The van der Waals surface area contributed by atoms with Gasteiger partial charge in [0.15, 0.2) is 11.5 Å². The Morgan fingerprint density at radius 2 is 1.04 bits per heavy atom. The predicted octanol–water partition coefficient (Wildman–Crippen LogP) is 3.43. The van der Waals surface area contributed by atoms with E-state index < -0.39 is 0 Å². The van der Waals surface area contributed by atoms with Crippen molar-refractivity contribution in [2.75, 3.05) is 0 Å². The van der Waals surface area contributed by atoms with Crippen LogP contribution in [-0.2, 0) is 0 Å². The van der Waals surface area contributed by atoms with Crippen LogP contribution in [0.25, 0.3) is 11.1 Å². The molecule has 0 saturated heterocycles. The molecular formula is C18H14N4O2. The van der Waals surface area contributed by atoms with Crippen molar-refractivity contribution in [3.63, 3.8) is 0 Å². The first-order chi connectivity index (χ1) is 11.9. The number of aromatic nitrogens is 4. The molecule has 4 rings (SSSR count). The van der Waals surface area contributed by atoms with Gasteiger partial charge in [-0.05, 0) is 24.3 Å². The maximum Gasteiger partial charge on any atom is 0.165 e. The molecular weight excluding hydrogens is 304 g/mol. The van der Waals surface area contributed by atoms with Crippen LogP contribution in [0.2, 0.25) is 0 Å². The molecule has 6 heteroatoms. The van der Waals surface area contributed by atoms with Crippen molar-refractivity contribution < 1.29 is 9.68 Å². The zero-order valence-electron chi connectivity index (χ0n) is 12.7. The average Bonchev–Trinajstić information content (AvgIpc) is 3.30. The molecule has 0 aliphatic carbocycles. The van der Waals surface area contributed by atoms with E-state index in [0.29, 0.717) is 11.5 Å². The van der Waals surface area contributed by atoms with Crippen LogP contribution in [0.3, 0.4) is 0 Å². The van der Waals surface area contributed by atoms with E-state index in [4.69, 9.17) is 9.68 Å².